The maximum absolute atomic E-state index is 13.8. The number of nitrogens with zero attached hydrogens (tertiary/aromatic N) is 2. The van der Waals surface area contributed by atoms with Gasteiger partial charge in [0.15, 0.2) is 0 Å². The molecule has 6 heteroatoms. The Balaban J connectivity index is 1.94. The van der Waals surface area contributed by atoms with E-state index in [-0.39, 0.29) is 17.4 Å². The summed E-state index contributed by atoms with van der Waals surface area (Å²) in [6, 6.07) is 4.88. The molecular weight excluding hydrogens is 309 g/mol. The lowest BCUT2D eigenvalue weighted by Gasteiger charge is -2.39. The van der Waals surface area contributed by atoms with Crippen LogP contribution in [0.1, 0.15) is 31.4 Å². The minimum absolute atomic E-state index is 0.101. The minimum atomic E-state index is -0.273. The molecule has 0 aliphatic carbocycles. The third-order valence-electron chi connectivity index (χ3n) is 4.41. The van der Waals surface area contributed by atoms with E-state index in [2.05, 4.69) is 12.2 Å². The lowest BCUT2D eigenvalue weighted by molar-refractivity contribution is -0.0872. The Bertz CT molecular complexity index is 579. The summed E-state index contributed by atoms with van der Waals surface area (Å²) in [6.07, 6.45) is 0.864. The van der Waals surface area contributed by atoms with Crippen molar-refractivity contribution >= 4 is 6.03 Å². The largest absolute Gasteiger partial charge is 0.372 e. The Hall–Kier alpha value is -1.66. The van der Waals surface area contributed by atoms with E-state index in [0.29, 0.717) is 38.3 Å². The number of morpholine rings is 1. The molecule has 1 aliphatic heterocycles. The van der Waals surface area contributed by atoms with Crippen LogP contribution in [-0.4, -0.2) is 55.2 Å². The fraction of sp³-hybridized carbons (Fsp3) is 0.611. The number of ether oxygens (including phenoxy) is 1. The van der Waals surface area contributed by atoms with E-state index in [1.54, 1.807) is 11.0 Å². The molecule has 2 amide bonds. The minimum Gasteiger partial charge on any atom is -0.372 e. The number of amides is 2. The molecule has 5 nitrogen and oxygen atoms in total. The zero-order valence-corrected chi connectivity index (χ0v) is 15.1. The highest BCUT2D eigenvalue weighted by Crippen LogP contribution is 2.21. The van der Waals surface area contributed by atoms with Crippen LogP contribution in [0.25, 0.3) is 0 Å². The molecule has 1 saturated heterocycles. The van der Waals surface area contributed by atoms with Crippen LogP contribution < -0.4 is 5.32 Å². The van der Waals surface area contributed by atoms with Crippen LogP contribution in [0.3, 0.4) is 0 Å². The molecular formula is C18H28FN3O2. The van der Waals surface area contributed by atoms with E-state index in [9.17, 15) is 9.18 Å². The maximum atomic E-state index is 13.8. The molecule has 134 valence electrons. The maximum Gasteiger partial charge on any atom is 0.317 e. The Morgan fingerprint density at radius 2 is 2.21 bits per heavy atom. The van der Waals surface area contributed by atoms with E-state index in [0.717, 1.165) is 12.0 Å². The van der Waals surface area contributed by atoms with Crippen molar-refractivity contribution in [2.75, 3.05) is 33.8 Å². The molecule has 1 heterocycles. The van der Waals surface area contributed by atoms with Gasteiger partial charge in [-0.2, -0.15) is 0 Å². The second-order valence-electron chi connectivity index (χ2n) is 6.90. The van der Waals surface area contributed by atoms with E-state index < -0.39 is 0 Å². The van der Waals surface area contributed by atoms with Gasteiger partial charge in [-0.15, -0.1) is 0 Å². The van der Waals surface area contributed by atoms with Gasteiger partial charge in [0.25, 0.3) is 0 Å². The van der Waals surface area contributed by atoms with Gasteiger partial charge in [-0.1, -0.05) is 13.0 Å². The molecule has 1 aromatic rings. The van der Waals surface area contributed by atoms with Crippen molar-refractivity contribution in [3.05, 3.63) is 35.1 Å². The van der Waals surface area contributed by atoms with Gasteiger partial charge in [0, 0.05) is 25.2 Å². The van der Waals surface area contributed by atoms with Crippen molar-refractivity contribution in [2.24, 2.45) is 0 Å². The first-order chi connectivity index (χ1) is 11.3. The van der Waals surface area contributed by atoms with Crippen molar-refractivity contribution in [3.63, 3.8) is 0 Å². The highest BCUT2D eigenvalue weighted by Gasteiger charge is 2.32. The number of rotatable bonds is 5. The van der Waals surface area contributed by atoms with Gasteiger partial charge in [-0.3, -0.25) is 0 Å². The molecule has 24 heavy (non-hydrogen) atoms. The van der Waals surface area contributed by atoms with Crippen LogP contribution in [0.2, 0.25) is 0 Å². The standard InChI is InChI=1S/C18H28FN3O2/c1-5-18(2)13-22(8-9-24-18)17(23)20-11-14-6-7-16(19)15(10-14)12-21(3)4/h6-7,10H,5,8-9,11-13H2,1-4H3,(H,20,23)/t18-/m0/s1. The summed E-state index contributed by atoms with van der Waals surface area (Å²) in [5, 5.41) is 2.93. The fourth-order valence-electron chi connectivity index (χ4n) is 2.81. The number of hydrogen-bond acceptors (Lipinski definition) is 3. The molecule has 1 N–H and O–H groups in total. The molecule has 0 spiro atoms. The third-order valence-corrected chi connectivity index (χ3v) is 4.41. The predicted octanol–water partition coefficient (Wildman–Crippen LogP) is 2.60. The smallest absolute Gasteiger partial charge is 0.317 e. The number of hydrogen-bond donors (Lipinski definition) is 1. The molecule has 1 fully saturated rings. The van der Waals surface area contributed by atoms with Gasteiger partial charge in [0.05, 0.1) is 18.8 Å². The molecule has 0 bridgehead atoms. The monoisotopic (exact) mass is 337 g/mol. The van der Waals surface area contributed by atoms with E-state index in [1.807, 2.05) is 32.0 Å². The topological polar surface area (TPSA) is 44.8 Å². The second kappa shape index (κ2) is 7.94. The van der Waals surface area contributed by atoms with E-state index in [1.165, 1.54) is 6.07 Å². The summed E-state index contributed by atoms with van der Waals surface area (Å²) in [5.41, 5.74) is 1.26. The summed E-state index contributed by atoms with van der Waals surface area (Å²) in [6.45, 7) is 6.75. The Morgan fingerprint density at radius 3 is 2.88 bits per heavy atom. The SMILES string of the molecule is CC[C@@]1(C)CN(C(=O)NCc2ccc(F)c(CN(C)C)c2)CCO1. The van der Waals surface area contributed by atoms with Crippen LogP contribution in [0.4, 0.5) is 9.18 Å². The number of carbonyl (C=O) groups is 1. The Morgan fingerprint density at radius 1 is 1.46 bits per heavy atom. The van der Waals surface area contributed by atoms with Crippen LogP contribution in [-0.2, 0) is 17.8 Å². The Kier molecular flexibility index (Phi) is 6.18. The summed E-state index contributed by atoms with van der Waals surface area (Å²) >= 11 is 0. The number of halogens is 1. The molecule has 2 rings (SSSR count). The highest BCUT2D eigenvalue weighted by molar-refractivity contribution is 5.74. The number of carbonyl (C=O) groups excluding carboxylic acids is 1. The average Bonchev–Trinajstić information content (AvgIpc) is 2.55. The first kappa shape index (κ1) is 18.7. The van der Waals surface area contributed by atoms with Gasteiger partial charge in [0.1, 0.15) is 5.82 Å². The van der Waals surface area contributed by atoms with Crippen LogP contribution in [0, 0.1) is 5.82 Å². The predicted molar refractivity (Wildman–Crippen MR) is 92.2 cm³/mol. The van der Waals surface area contributed by atoms with Crippen LogP contribution >= 0.6 is 0 Å². The molecule has 1 atom stereocenters. The molecule has 0 unspecified atom stereocenters. The zero-order valence-electron chi connectivity index (χ0n) is 15.1. The molecule has 0 radical (unpaired) electrons. The lowest BCUT2D eigenvalue weighted by Crippen LogP contribution is -2.54. The fourth-order valence-corrected chi connectivity index (χ4v) is 2.81. The second-order valence-corrected chi connectivity index (χ2v) is 6.90. The van der Waals surface area contributed by atoms with Crippen LogP contribution in [0.15, 0.2) is 18.2 Å². The van der Waals surface area contributed by atoms with Crippen LogP contribution in [0.5, 0.6) is 0 Å². The molecule has 0 saturated carbocycles. The van der Waals surface area contributed by atoms with Gasteiger partial charge in [0.2, 0.25) is 0 Å². The van der Waals surface area contributed by atoms with Crippen molar-refractivity contribution in [2.45, 2.75) is 39.0 Å². The normalized spacial score (nSPS) is 21.2. The number of benzene rings is 1. The number of nitrogens with one attached hydrogen (secondary N) is 1. The average molecular weight is 337 g/mol. The van der Waals surface area contributed by atoms with Gasteiger partial charge in [-0.05, 0) is 45.1 Å². The zero-order chi connectivity index (χ0) is 17.7. The van der Waals surface area contributed by atoms with Crippen molar-refractivity contribution in [1.29, 1.82) is 0 Å². The van der Waals surface area contributed by atoms with Gasteiger partial charge >= 0.3 is 6.03 Å². The van der Waals surface area contributed by atoms with Crippen molar-refractivity contribution < 1.29 is 13.9 Å². The number of urea groups is 1. The van der Waals surface area contributed by atoms with Crippen molar-refractivity contribution in [1.82, 2.24) is 15.1 Å². The molecule has 0 aromatic heterocycles. The summed E-state index contributed by atoms with van der Waals surface area (Å²) in [7, 11) is 3.80. The van der Waals surface area contributed by atoms with Gasteiger partial charge in [-0.25, -0.2) is 9.18 Å². The van der Waals surface area contributed by atoms with E-state index >= 15 is 0 Å². The Labute approximate surface area is 143 Å². The quantitative estimate of drug-likeness (QED) is 0.898. The lowest BCUT2D eigenvalue weighted by atomic mass is 10.0. The molecule has 1 aromatic carbocycles. The van der Waals surface area contributed by atoms with E-state index in [4.69, 9.17) is 4.74 Å². The summed E-state index contributed by atoms with van der Waals surface area (Å²) in [4.78, 5) is 16.1. The summed E-state index contributed by atoms with van der Waals surface area (Å²) < 4.78 is 19.6. The summed E-state index contributed by atoms with van der Waals surface area (Å²) in [5.74, 6) is -0.217. The first-order valence-corrected chi connectivity index (χ1v) is 8.42. The first-order valence-electron chi connectivity index (χ1n) is 8.42. The third kappa shape index (κ3) is 4.92. The van der Waals surface area contributed by atoms with Crippen molar-refractivity contribution in [3.8, 4) is 0 Å². The molecule has 1 aliphatic rings. The highest BCUT2D eigenvalue weighted by atomic mass is 19.1. The van der Waals surface area contributed by atoms with Gasteiger partial charge < -0.3 is 19.9 Å².